The zero-order chi connectivity index (χ0) is 12.1. The van der Waals surface area contributed by atoms with E-state index >= 15 is 0 Å². The molecule has 2 heterocycles. The molecule has 0 saturated heterocycles. The van der Waals surface area contributed by atoms with Crippen LogP contribution in [0.3, 0.4) is 0 Å². The van der Waals surface area contributed by atoms with Crippen LogP contribution in [-0.4, -0.2) is 23.3 Å². The zero-order valence-electron chi connectivity index (χ0n) is 9.19. The molecular formula is C11H13ClN4S. The van der Waals surface area contributed by atoms with E-state index < -0.39 is 0 Å². The lowest BCUT2D eigenvalue weighted by molar-refractivity contribution is 0.864. The third-order valence-electron chi connectivity index (χ3n) is 2.18. The highest BCUT2D eigenvalue weighted by atomic mass is 35.5. The molecule has 0 radical (unpaired) electrons. The molecule has 0 saturated carbocycles. The van der Waals surface area contributed by atoms with Crippen molar-refractivity contribution in [3.8, 4) is 10.6 Å². The van der Waals surface area contributed by atoms with Gasteiger partial charge >= 0.3 is 0 Å². The van der Waals surface area contributed by atoms with Crippen LogP contribution in [0.25, 0.3) is 10.6 Å². The summed E-state index contributed by atoms with van der Waals surface area (Å²) in [4.78, 5) is 1.02. The van der Waals surface area contributed by atoms with E-state index in [1.54, 1.807) is 0 Å². The highest BCUT2D eigenvalue weighted by Crippen LogP contribution is 2.29. The molecule has 0 aliphatic carbocycles. The van der Waals surface area contributed by atoms with E-state index in [1.807, 2.05) is 24.3 Å². The summed E-state index contributed by atoms with van der Waals surface area (Å²) in [7, 11) is 0. The number of nitrogens with one attached hydrogen (secondary N) is 1. The van der Waals surface area contributed by atoms with Crippen molar-refractivity contribution in [1.29, 1.82) is 0 Å². The fraction of sp³-hybridized carbons (Fsp3) is 0.273. The quantitative estimate of drug-likeness (QED) is 0.819. The van der Waals surface area contributed by atoms with Gasteiger partial charge in [0.15, 0.2) is 0 Å². The minimum absolute atomic E-state index is 0.673. The summed E-state index contributed by atoms with van der Waals surface area (Å²) >= 11 is 7.37. The number of thiophene rings is 1. The Bertz CT molecular complexity index is 469. The highest BCUT2D eigenvalue weighted by Gasteiger charge is 2.03. The number of aromatic nitrogens is 2. The fourth-order valence-electron chi connectivity index (χ4n) is 1.33. The molecule has 6 heteroatoms. The van der Waals surface area contributed by atoms with Crippen LogP contribution >= 0.6 is 22.9 Å². The van der Waals surface area contributed by atoms with Gasteiger partial charge in [-0.05, 0) is 37.2 Å². The van der Waals surface area contributed by atoms with Crippen LogP contribution < -0.4 is 11.1 Å². The first-order valence-electron chi connectivity index (χ1n) is 5.33. The van der Waals surface area contributed by atoms with Crippen molar-refractivity contribution >= 4 is 28.8 Å². The van der Waals surface area contributed by atoms with Crippen LogP contribution in [0.1, 0.15) is 6.42 Å². The maximum atomic E-state index is 5.87. The number of hydrogen-bond donors (Lipinski definition) is 2. The summed E-state index contributed by atoms with van der Waals surface area (Å²) in [6.07, 6.45) is 0.921. The molecule has 0 aromatic carbocycles. The van der Waals surface area contributed by atoms with E-state index in [4.69, 9.17) is 17.3 Å². The average Bonchev–Trinajstić information content (AvgIpc) is 2.77. The Morgan fingerprint density at radius 3 is 2.71 bits per heavy atom. The first-order valence-corrected chi connectivity index (χ1v) is 6.52. The van der Waals surface area contributed by atoms with Gasteiger partial charge in [0.1, 0.15) is 11.5 Å². The summed E-state index contributed by atoms with van der Waals surface area (Å²) in [5, 5.41) is 11.4. The number of nitrogens with two attached hydrogens (primary N) is 1. The minimum Gasteiger partial charge on any atom is -0.369 e. The molecule has 2 aromatic rings. The molecule has 3 N–H and O–H groups in total. The fourth-order valence-corrected chi connectivity index (χ4v) is 2.34. The molecule has 90 valence electrons. The standard InChI is InChI=1S/C11H13ClN4S/c12-10-4-3-9(17-10)8-2-5-11(16-15-8)14-7-1-6-13/h2-5H,1,6-7,13H2,(H,14,16). The van der Waals surface area contributed by atoms with Crippen LogP contribution in [0.4, 0.5) is 5.82 Å². The Labute approximate surface area is 109 Å². The van der Waals surface area contributed by atoms with Crippen LogP contribution in [0, 0.1) is 0 Å². The van der Waals surface area contributed by atoms with E-state index in [-0.39, 0.29) is 0 Å². The first kappa shape index (κ1) is 12.3. The van der Waals surface area contributed by atoms with Crippen LogP contribution in [0.15, 0.2) is 24.3 Å². The second-order valence-electron chi connectivity index (χ2n) is 3.48. The van der Waals surface area contributed by atoms with Gasteiger partial charge < -0.3 is 11.1 Å². The Morgan fingerprint density at radius 2 is 2.12 bits per heavy atom. The molecule has 0 aliphatic rings. The van der Waals surface area contributed by atoms with Gasteiger partial charge in [-0.2, -0.15) is 0 Å². The van der Waals surface area contributed by atoms with Gasteiger partial charge in [0.05, 0.1) is 9.21 Å². The van der Waals surface area contributed by atoms with E-state index in [2.05, 4.69) is 15.5 Å². The summed E-state index contributed by atoms with van der Waals surface area (Å²) in [5.41, 5.74) is 6.25. The summed E-state index contributed by atoms with van der Waals surface area (Å²) in [5.74, 6) is 0.768. The van der Waals surface area contributed by atoms with Crippen molar-refractivity contribution in [2.45, 2.75) is 6.42 Å². The highest BCUT2D eigenvalue weighted by molar-refractivity contribution is 7.19. The average molecular weight is 269 g/mol. The van der Waals surface area contributed by atoms with Crippen molar-refractivity contribution in [3.63, 3.8) is 0 Å². The lowest BCUT2D eigenvalue weighted by atomic mass is 10.3. The van der Waals surface area contributed by atoms with Gasteiger partial charge in [0.2, 0.25) is 0 Å². The third-order valence-corrected chi connectivity index (χ3v) is 3.43. The maximum Gasteiger partial charge on any atom is 0.148 e. The maximum absolute atomic E-state index is 5.87. The van der Waals surface area contributed by atoms with Crippen LogP contribution in [0.5, 0.6) is 0 Å². The topological polar surface area (TPSA) is 63.8 Å². The molecule has 2 aromatic heterocycles. The van der Waals surface area contributed by atoms with E-state index in [0.29, 0.717) is 6.54 Å². The SMILES string of the molecule is NCCCNc1ccc(-c2ccc(Cl)s2)nn1. The van der Waals surface area contributed by atoms with Gasteiger partial charge in [0.25, 0.3) is 0 Å². The Balaban J connectivity index is 2.02. The van der Waals surface area contributed by atoms with E-state index in [9.17, 15) is 0 Å². The molecule has 0 bridgehead atoms. The van der Waals surface area contributed by atoms with Crippen molar-refractivity contribution in [2.75, 3.05) is 18.4 Å². The normalized spacial score (nSPS) is 10.5. The van der Waals surface area contributed by atoms with E-state index in [0.717, 1.165) is 33.7 Å². The second kappa shape index (κ2) is 5.95. The van der Waals surface area contributed by atoms with Crippen molar-refractivity contribution in [2.24, 2.45) is 5.73 Å². The predicted molar refractivity (Wildman–Crippen MR) is 72.5 cm³/mol. The monoisotopic (exact) mass is 268 g/mol. The molecule has 4 nitrogen and oxygen atoms in total. The van der Waals surface area contributed by atoms with Gasteiger partial charge in [0, 0.05) is 6.54 Å². The largest absolute Gasteiger partial charge is 0.369 e. The minimum atomic E-state index is 0.673. The Hall–Kier alpha value is -1.17. The molecule has 0 amide bonds. The first-order chi connectivity index (χ1) is 8.29. The van der Waals surface area contributed by atoms with Gasteiger partial charge in [-0.15, -0.1) is 21.5 Å². The van der Waals surface area contributed by atoms with Gasteiger partial charge in [-0.25, -0.2) is 0 Å². The Morgan fingerprint density at radius 1 is 1.24 bits per heavy atom. The molecular weight excluding hydrogens is 256 g/mol. The molecule has 0 aliphatic heterocycles. The van der Waals surface area contributed by atoms with Crippen LogP contribution in [0.2, 0.25) is 4.34 Å². The molecule has 0 unspecified atom stereocenters. The van der Waals surface area contributed by atoms with Crippen LogP contribution in [-0.2, 0) is 0 Å². The zero-order valence-corrected chi connectivity index (χ0v) is 10.8. The smallest absolute Gasteiger partial charge is 0.148 e. The molecule has 0 spiro atoms. The third kappa shape index (κ3) is 3.39. The summed E-state index contributed by atoms with van der Waals surface area (Å²) < 4.78 is 0.756. The van der Waals surface area contributed by atoms with Crippen molar-refractivity contribution in [3.05, 3.63) is 28.6 Å². The number of nitrogens with zero attached hydrogens (tertiary/aromatic N) is 2. The number of rotatable bonds is 5. The molecule has 0 atom stereocenters. The van der Waals surface area contributed by atoms with Crippen molar-refractivity contribution < 1.29 is 0 Å². The summed E-state index contributed by atoms with van der Waals surface area (Å²) in [6, 6.07) is 7.64. The lowest BCUT2D eigenvalue weighted by Crippen LogP contribution is -2.09. The molecule has 17 heavy (non-hydrogen) atoms. The number of halogens is 1. The predicted octanol–water partition coefficient (Wildman–Crippen LogP) is 2.62. The lowest BCUT2D eigenvalue weighted by Gasteiger charge is -2.03. The number of anilines is 1. The van der Waals surface area contributed by atoms with E-state index in [1.165, 1.54) is 11.3 Å². The van der Waals surface area contributed by atoms with Gasteiger partial charge in [-0.3, -0.25) is 0 Å². The Kier molecular flexibility index (Phi) is 4.30. The second-order valence-corrected chi connectivity index (χ2v) is 5.19. The molecule has 2 rings (SSSR count). The number of hydrogen-bond acceptors (Lipinski definition) is 5. The molecule has 0 fully saturated rings. The summed E-state index contributed by atoms with van der Waals surface area (Å²) in [6.45, 7) is 1.49. The van der Waals surface area contributed by atoms with Crippen molar-refractivity contribution in [1.82, 2.24) is 10.2 Å². The van der Waals surface area contributed by atoms with Gasteiger partial charge in [-0.1, -0.05) is 11.6 Å².